The van der Waals surface area contributed by atoms with E-state index in [2.05, 4.69) is 22.3 Å². The Labute approximate surface area is 171 Å². The van der Waals surface area contributed by atoms with E-state index in [0.29, 0.717) is 23.7 Å². The molecule has 1 fully saturated rings. The smallest absolute Gasteiger partial charge is 0.253 e. The molecule has 3 rings (SSSR count). The summed E-state index contributed by atoms with van der Waals surface area (Å²) >= 11 is 6.07. The van der Waals surface area contributed by atoms with Gasteiger partial charge in [-0.25, -0.2) is 0 Å². The lowest BCUT2D eigenvalue weighted by atomic mass is 10.2. The van der Waals surface area contributed by atoms with Gasteiger partial charge >= 0.3 is 0 Å². The minimum atomic E-state index is -0.593. The zero-order chi connectivity index (χ0) is 19.9. The number of carbonyl (C=O) groups excluding carboxylic acids is 2. The molecule has 0 unspecified atom stereocenters. The lowest BCUT2D eigenvalue weighted by Gasteiger charge is -2.25. The average Bonchev–Trinajstić information content (AvgIpc) is 2.94. The molecule has 1 aliphatic heterocycles. The molecule has 1 aliphatic rings. The van der Waals surface area contributed by atoms with E-state index in [4.69, 9.17) is 11.6 Å². The second-order valence-corrected chi connectivity index (χ2v) is 7.52. The summed E-state index contributed by atoms with van der Waals surface area (Å²) in [6, 6.07) is 16.6. The van der Waals surface area contributed by atoms with Crippen molar-refractivity contribution in [3.63, 3.8) is 0 Å². The fraction of sp³-hybridized carbons (Fsp3) is 0.364. The van der Waals surface area contributed by atoms with Gasteiger partial charge in [0.25, 0.3) is 5.91 Å². The quantitative estimate of drug-likeness (QED) is 0.840. The summed E-state index contributed by atoms with van der Waals surface area (Å²) in [6.07, 6.45) is 0.920. The maximum atomic E-state index is 12.8. The first-order valence-corrected chi connectivity index (χ1v) is 10.0. The van der Waals surface area contributed by atoms with Gasteiger partial charge in [0, 0.05) is 32.7 Å². The Morgan fingerprint density at radius 1 is 1.00 bits per heavy atom. The van der Waals surface area contributed by atoms with Crippen LogP contribution in [-0.4, -0.2) is 53.8 Å². The highest BCUT2D eigenvalue weighted by Crippen LogP contribution is 2.15. The molecule has 1 saturated heterocycles. The third-order valence-electron chi connectivity index (χ3n) is 4.99. The van der Waals surface area contributed by atoms with Crippen molar-refractivity contribution in [1.82, 2.24) is 15.1 Å². The van der Waals surface area contributed by atoms with E-state index in [1.165, 1.54) is 5.56 Å². The van der Waals surface area contributed by atoms with E-state index in [1.54, 1.807) is 31.2 Å². The van der Waals surface area contributed by atoms with E-state index < -0.39 is 6.04 Å². The number of nitrogens with zero attached hydrogens (tertiary/aromatic N) is 2. The molecule has 2 aromatic rings. The zero-order valence-electron chi connectivity index (χ0n) is 16.1. The number of rotatable bonds is 5. The Bertz CT molecular complexity index is 812. The number of hydrogen-bond donors (Lipinski definition) is 1. The Hall–Kier alpha value is -2.37. The fourth-order valence-electron chi connectivity index (χ4n) is 3.45. The van der Waals surface area contributed by atoms with Gasteiger partial charge in [-0.1, -0.05) is 54.1 Å². The molecule has 0 radical (unpaired) electrons. The van der Waals surface area contributed by atoms with Gasteiger partial charge in [-0.2, -0.15) is 0 Å². The highest BCUT2D eigenvalue weighted by atomic mass is 35.5. The molecule has 5 nitrogen and oxygen atoms in total. The molecule has 1 N–H and O–H groups in total. The van der Waals surface area contributed by atoms with Crippen LogP contribution < -0.4 is 5.32 Å². The molecule has 0 aromatic heterocycles. The minimum absolute atomic E-state index is 0.0537. The summed E-state index contributed by atoms with van der Waals surface area (Å²) in [5.74, 6) is -0.381. The van der Waals surface area contributed by atoms with Crippen LogP contribution in [0.2, 0.25) is 5.02 Å². The summed E-state index contributed by atoms with van der Waals surface area (Å²) in [7, 11) is 0. The molecule has 2 aromatic carbocycles. The molecule has 0 spiro atoms. The highest BCUT2D eigenvalue weighted by Gasteiger charge is 2.25. The molecule has 148 valence electrons. The molecule has 0 bridgehead atoms. The first kappa shape index (κ1) is 20.4. The van der Waals surface area contributed by atoms with E-state index >= 15 is 0 Å². The molecular formula is C22H26ClN3O2. The molecular weight excluding hydrogens is 374 g/mol. The lowest BCUT2D eigenvalue weighted by Crippen LogP contribution is -2.48. The van der Waals surface area contributed by atoms with Crippen LogP contribution in [0, 0.1) is 0 Å². The minimum Gasteiger partial charge on any atom is -0.340 e. The van der Waals surface area contributed by atoms with Crippen LogP contribution in [0.25, 0.3) is 0 Å². The Morgan fingerprint density at radius 2 is 1.71 bits per heavy atom. The van der Waals surface area contributed by atoms with Crippen LogP contribution in [0.1, 0.15) is 29.3 Å². The number of halogens is 1. The first-order valence-electron chi connectivity index (χ1n) is 9.65. The van der Waals surface area contributed by atoms with E-state index in [9.17, 15) is 9.59 Å². The Morgan fingerprint density at radius 3 is 2.46 bits per heavy atom. The van der Waals surface area contributed by atoms with Crippen LogP contribution in [0.5, 0.6) is 0 Å². The van der Waals surface area contributed by atoms with Crippen molar-refractivity contribution in [2.75, 3.05) is 26.2 Å². The summed E-state index contributed by atoms with van der Waals surface area (Å²) in [6.45, 7) is 5.77. The summed E-state index contributed by atoms with van der Waals surface area (Å²) in [5, 5.41) is 3.16. The van der Waals surface area contributed by atoms with Crippen LogP contribution in [0.4, 0.5) is 0 Å². The van der Waals surface area contributed by atoms with Gasteiger partial charge in [0.1, 0.15) is 6.04 Å². The summed E-state index contributed by atoms with van der Waals surface area (Å²) in [4.78, 5) is 29.5. The van der Waals surface area contributed by atoms with Gasteiger partial charge < -0.3 is 10.2 Å². The second kappa shape index (κ2) is 9.71. The Balaban J connectivity index is 1.54. The lowest BCUT2D eigenvalue weighted by molar-refractivity contribution is -0.132. The van der Waals surface area contributed by atoms with Crippen molar-refractivity contribution in [1.29, 1.82) is 0 Å². The van der Waals surface area contributed by atoms with Gasteiger partial charge in [0.15, 0.2) is 0 Å². The maximum absolute atomic E-state index is 12.8. The SMILES string of the molecule is C[C@H](NC(=O)c1ccccc1Cl)C(=O)N1CCCN(Cc2ccccc2)CC1. The van der Waals surface area contributed by atoms with Crippen molar-refractivity contribution in [2.24, 2.45) is 0 Å². The first-order chi connectivity index (χ1) is 13.5. The Kier molecular flexibility index (Phi) is 7.06. The van der Waals surface area contributed by atoms with Gasteiger partial charge in [-0.15, -0.1) is 0 Å². The molecule has 6 heteroatoms. The molecule has 2 amide bonds. The van der Waals surface area contributed by atoms with Crippen molar-refractivity contribution in [2.45, 2.75) is 25.9 Å². The third-order valence-corrected chi connectivity index (χ3v) is 5.32. The van der Waals surface area contributed by atoms with E-state index in [1.807, 2.05) is 23.1 Å². The monoisotopic (exact) mass is 399 g/mol. The number of hydrogen-bond acceptors (Lipinski definition) is 3. The average molecular weight is 400 g/mol. The van der Waals surface area contributed by atoms with E-state index in [-0.39, 0.29) is 11.8 Å². The molecule has 1 atom stereocenters. The third kappa shape index (κ3) is 5.33. The predicted octanol–water partition coefficient (Wildman–Crippen LogP) is 3.19. The summed E-state index contributed by atoms with van der Waals surface area (Å²) in [5.41, 5.74) is 1.66. The zero-order valence-corrected chi connectivity index (χ0v) is 16.9. The van der Waals surface area contributed by atoms with Gasteiger partial charge in [0.2, 0.25) is 5.91 Å². The largest absolute Gasteiger partial charge is 0.340 e. The van der Waals surface area contributed by atoms with E-state index in [0.717, 1.165) is 26.1 Å². The van der Waals surface area contributed by atoms with Crippen molar-refractivity contribution < 1.29 is 9.59 Å². The van der Waals surface area contributed by atoms with Gasteiger partial charge in [-0.3, -0.25) is 14.5 Å². The normalized spacial score (nSPS) is 16.3. The van der Waals surface area contributed by atoms with Gasteiger partial charge in [0.05, 0.1) is 10.6 Å². The molecule has 0 saturated carbocycles. The molecule has 1 heterocycles. The highest BCUT2D eigenvalue weighted by molar-refractivity contribution is 6.33. The van der Waals surface area contributed by atoms with Crippen molar-refractivity contribution >= 4 is 23.4 Å². The number of carbonyl (C=O) groups is 2. The van der Waals surface area contributed by atoms with Crippen LogP contribution in [-0.2, 0) is 11.3 Å². The topological polar surface area (TPSA) is 52.7 Å². The van der Waals surface area contributed by atoms with Gasteiger partial charge in [-0.05, 0) is 31.0 Å². The van der Waals surface area contributed by atoms with Crippen molar-refractivity contribution in [3.05, 3.63) is 70.7 Å². The summed E-state index contributed by atoms with van der Waals surface area (Å²) < 4.78 is 0. The number of amides is 2. The molecule has 0 aliphatic carbocycles. The van der Waals surface area contributed by atoms with Crippen LogP contribution in [0.3, 0.4) is 0 Å². The fourth-order valence-corrected chi connectivity index (χ4v) is 3.67. The number of nitrogens with one attached hydrogen (secondary N) is 1. The second-order valence-electron chi connectivity index (χ2n) is 7.12. The van der Waals surface area contributed by atoms with Crippen molar-refractivity contribution in [3.8, 4) is 0 Å². The maximum Gasteiger partial charge on any atom is 0.253 e. The standard InChI is InChI=1S/C22H26ClN3O2/c1-17(24-21(27)19-10-5-6-11-20(19)23)22(28)26-13-7-12-25(14-15-26)16-18-8-3-2-4-9-18/h2-6,8-11,17H,7,12-16H2,1H3,(H,24,27)/t17-/m0/s1. The number of benzene rings is 2. The van der Waals surface area contributed by atoms with Crippen LogP contribution in [0.15, 0.2) is 54.6 Å². The predicted molar refractivity (Wildman–Crippen MR) is 111 cm³/mol. The van der Waals surface area contributed by atoms with Crippen LogP contribution >= 0.6 is 11.6 Å². The molecule has 28 heavy (non-hydrogen) atoms.